The number of likely N-dealkylation sites (tertiary alicyclic amines) is 1. The molecule has 0 amide bonds. The standard InChI is InChI=1S/C9H18N2/c1-3-11-5-8-4-10-6-9(8,2)7-11/h8,10H,3-7H2,1-2H3/t8-,9-/m0/s1. The van der Waals surface area contributed by atoms with Crippen molar-refractivity contribution in [1.29, 1.82) is 0 Å². The van der Waals surface area contributed by atoms with Gasteiger partial charge in [-0.2, -0.15) is 0 Å². The second kappa shape index (κ2) is 2.46. The summed E-state index contributed by atoms with van der Waals surface area (Å²) in [7, 11) is 0. The molecule has 0 unspecified atom stereocenters. The molecule has 0 spiro atoms. The molecule has 0 radical (unpaired) electrons. The fourth-order valence-corrected chi connectivity index (χ4v) is 2.52. The molecule has 2 nitrogen and oxygen atoms in total. The molecule has 0 aromatic heterocycles. The van der Waals surface area contributed by atoms with E-state index in [1.165, 1.54) is 32.7 Å². The predicted molar refractivity (Wildman–Crippen MR) is 46.6 cm³/mol. The molecule has 2 rings (SSSR count). The predicted octanol–water partition coefficient (Wildman–Crippen LogP) is 0.548. The van der Waals surface area contributed by atoms with E-state index in [9.17, 15) is 0 Å². The zero-order valence-corrected chi connectivity index (χ0v) is 7.56. The Bertz CT molecular complexity index is 158. The van der Waals surface area contributed by atoms with Gasteiger partial charge in [0.25, 0.3) is 0 Å². The normalized spacial score (nSPS) is 44.7. The monoisotopic (exact) mass is 154 g/mol. The molecule has 2 aliphatic heterocycles. The van der Waals surface area contributed by atoms with E-state index in [0.29, 0.717) is 5.41 Å². The molecule has 11 heavy (non-hydrogen) atoms. The van der Waals surface area contributed by atoms with E-state index < -0.39 is 0 Å². The Labute approximate surface area is 69.0 Å². The van der Waals surface area contributed by atoms with Gasteiger partial charge in [0.15, 0.2) is 0 Å². The van der Waals surface area contributed by atoms with Crippen LogP contribution in [-0.4, -0.2) is 37.6 Å². The third-order valence-corrected chi connectivity index (χ3v) is 3.42. The number of hydrogen-bond donors (Lipinski definition) is 1. The van der Waals surface area contributed by atoms with E-state index in [1.54, 1.807) is 0 Å². The molecule has 0 saturated carbocycles. The molecular formula is C9H18N2. The maximum atomic E-state index is 3.48. The summed E-state index contributed by atoms with van der Waals surface area (Å²) in [5, 5.41) is 3.48. The van der Waals surface area contributed by atoms with Crippen LogP contribution in [0.2, 0.25) is 0 Å². The van der Waals surface area contributed by atoms with Gasteiger partial charge in [0.2, 0.25) is 0 Å². The maximum Gasteiger partial charge on any atom is 0.00511 e. The summed E-state index contributed by atoms with van der Waals surface area (Å²) in [6.45, 7) is 11.0. The van der Waals surface area contributed by atoms with Gasteiger partial charge in [-0.05, 0) is 24.4 Å². The van der Waals surface area contributed by atoms with Gasteiger partial charge in [-0.3, -0.25) is 0 Å². The number of hydrogen-bond acceptors (Lipinski definition) is 2. The molecule has 0 aromatic carbocycles. The van der Waals surface area contributed by atoms with Crippen molar-refractivity contribution >= 4 is 0 Å². The quantitative estimate of drug-likeness (QED) is 0.593. The Balaban J connectivity index is 2.06. The van der Waals surface area contributed by atoms with Crippen LogP contribution in [0.4, 0.5) is 0 Å². The number of nitrogens with zero attached hydrogens (tertiary/aromatic N) is 1. The molecule has 2 aliphatic rings. The third kappa shape index (κ3) is 1.09. The molecule has 2 atom stereocenters. The van der Waals surface area contributed by atoms with E-state index in [-0.39, 0.29) is 0 Å². The fraction of sp³-hybridized carbons (Fsp3) is 1.00. The van der Waals surface area contributed by atoms with Crippen LogP contribution in [0.3, 0.4) is 0 Å². The van der Waals surface area contributed by atoms with Crippen LogP contribution >= 0.6 is 0 Å². The molecule has 2 saturated heterocycles. The molecule has 2 heterocycles. The van der Waals surface area contributed by atoms with E-state index in [0.717, 1.165) is 5.92 Å². The van der Waals surface area contributed by atoms with Gasteiger partial charge in [0.05, 0.1) is 0 Å². The van der Waals surface area contributed by atoms with Crippen molar-refractivity contribution in [3.8, 4) is 0 Å². The highest BCUT2D eigenvalue weighted by Crippen LogP contribution is 2.37. The molecule has 2 fully saturated rings. The first-order chi connectivity index (χ1) is 5.24. The van der Waals surface area contributed by atoms with Crippen LogP contribution in [0.15, 0.2) is 0 Å². The van der Waals surface area contributed by atoms with E-state index in [4.69, 9.17) is 0 Å². The highest BCUT2D eigenvalue weighted by Gasteiger charge is 2.45. The summed E-state index contributed by atoms with van der Waals surface area (Å²) in [5.41, 5.74) is 0.593. The zero-order chi connectivity index (χ0) is 7.90. The molecule has 0 aliphatic carbocycles. The average molecular weight is 154 g/mol. The van der Waals surface area contributed by atoms with Crippen LogP contribution in [0.25, 0.3) is 0 Å². The van der Waals surface area contributed by atoms with E-state index in [1.807, 2.05) is 0 Å². The first kappa shape index (κ1) is 7.56. The van der Waals surface area contributed by atoms with Crippen LogP contribution in [0.1, 0.15) is 13.8 Å². The highest BCUT2D eigenvalue weighted by molar-refractivity contribution is 4.99. The number of rotatable bonds is 1. The third-order valence-electron chi connectivity index (χ3n) is 3.42. The van der Waals surface area contributed by atoms with Gasteiger partial charge < -0.3 is 10.2 Å². The Kier molecular flexibility index (Phi) is 1.69. The van der Waals surface area contributed by atoms with Crippen LogP contribution < -0.4 is 5.32 Å². The Hall–Kier alpha value is -0.0800. The summed E-state index contributed by atoms with van der Waals surface area (Å²) in [6.07, 6.45) is 0. The minimum Gasteiger partial charge on any atom is -0.316 e. The zero-order valence-electron chi connectivity index (χ0n) is 7.56. The van der Waals surface area contributed by atoms with Crippen molar-refractivity contribution in [1.82, 2.24) is 10.2 Å². The van der Waals surface area contributed by atoms with E-state index in [2.05, 4.69) is 24.1 Å². The lowest BCUT2D eigenvalue weighted by Gasteiger charge is -2.21. The molecule has 1 N–H and O–H groups in total. The van der Waals surface area contributed by atoms with Crippen molar-refractivity contribution in [2.24, 2.45) is 11.3 Å². The second-order valence-electron chi connectivity index (χ2n) is 4.31. The van der Waals surface area contributed by atoms with Crippen molar-refractivity contribution in [3.63, 3.8) is 0 Å². The summed E-state index contributed by atoms with van der Waals surface area (Å²) in [6, 6.07) is 0. The van der Waals surface area contributed by atoms with Crippen molar-refractivity contribution in [2.75, 3.05) is 32.7 Å². The van der Waals surface area contributed by atoms with Gasteiger partial charge in [-0.25, -0.2) is 0 Å². The summed E-state index contributed by atoms with van der Waals surface area (Å²) in [5.74, 6) is 0.919. The van der Waals surface area contributed by atoms with Crippen molar-refractivity contribution in [2.45, 2.75) is 13.8 Å². The summed E-state index contributed by atoms with van der Waals surface area (Å²) in [4.78, 5) is 2.57. The van der Waals surface area contributed by atoms with Gasteiger partial charge in [0.1, 0.15) is 0 Å². The van der Waals surface area contributed by atoms with Gasteiger partial charge >= 0.3 is 0 Å². The Morgan fingerprint density at radius 2 is 2.45 bits per heavy atom. The van der Waals surface area contributed by atoms with Gasteiger partial charge in [-0.15, -0.1) is 0 Å². The molecule has 64 valence electrons. The maximum absolute atomic E-state index is 3.48. The fourth-order valence-electron chi connectivity index (χ4n) is 2.52. The second-order valence-corrected chi connectivity index (χ2v) is 4.31. The first-order valence-electron chi connectivity index (χ1n) is 4.68. The smallest absolute Gasteiger partial charge is 0.00511 e. The number of fused-ring (bicyclic) bond motifs is 1. The largest absolute Gasteiger partial charge is 0.316 e. The lowest BCUT2D eigenvalue weighted by molar-refractivity contribution is 0.288. The van der Waals surface area contributed by atoms with E-state index >= 15 is 0 Å². The van der Waals surface area contributed by atoms with Crippen LogP contribution in [0.5, 0.6) is 0 Å². The topological polar surface area (TPSA) is 15.3 Å². The molecule has 0 aromatic rings. The Morgan fingerprint density at radius 3 is 3.09 bits per heavy atom. The lowest BCUT2D eigenvalue weighted by Crippen LogP contribution is -2.29. The first-order valence-corrected chi connectivity index (χ1v) is 4.68. The van der Waals surface area contributed by atoms with Crippen LogP contribution in [-0.2, 0) is 0 Å². The van der Waals surface area contributed by atoms with Crippen molar-refractivity contribution in [3.05, 3.63) is 0 Å². The highest BCUT2D eigenvalue weighted by atomic mass is 15.2. The summed E-state index contributed by atoms with van der Waals surface area (Å²) < 4.78 is 0. The molecular weight excluding hydrogens is 136 g/mol. The van der Waals surface area contributed by atoms with Crippen LogP contribution in [0, 0.1) is 11.3 Å². The summed E-state index contributed by atoms with van der Waals surface area (Å²) >= 11 is 0. The average Bonchev–Trinajstić information content (AvgIpc) is 2.42. The number of nitrogens with one attached hydrogen (secondary N) is 1. The molecule has 2 heteroatoms. The Morgan fingerprint density at radius 1 is 1.64 bits per heavy atom. The van der Waals surface area contributed by atoms with Crippen molar-refractivity contribution < 1.29 is 0 Å². The lowest BCUT2D eigenvalue weighted by atomic mass is 9.83. The van der Waals surface area contributed by atoms with Gasteiger partial charge in [-0.1, -0.05) is 13.8 Å². The molecule has 0 bridgehead atoms. The minimum absolute atomic E-state index is 0.593. The SMILES string of the molecule is CCN1C[C@@H]2CNC[C@@]2(C)C1. The van der Waals surface area contributed by atoms with Gasteiger partial charge in [0, 0.05) is 19.6 Å². The minimum atomic E-state index is 0.593.